The number of nitrogens with zero attached hydrogens (tertiary/aromatic N) is 3. The quantitative estimate of drug-likeness (QED) is 0.261. The van der Waals surface area contributed by atoms with Gasteiger partial charge in [-0.05, 0) is 53.6 Å². The van der Waals surface area contributed by atoms with E-state index in [0.717, 1.165) is 16.8 Å². The molecule has 36 heavy (non-hydrogen) atoms. The van der Waals surface area contributed by atoms with Crippen LogP contribution < -0.4 is 19.2 Å². The Morgan fingerprint density at radius 1 is 0.889 bits per heavy atom. The summed E-state index contributed by atoms with van der Waals surface area (Å²) >= 11 is 7.55. The normalized spacial score (nSPS) is 15.1. The van der Waals surface area contributed by atoms with Crippen molar-refractivity contribution in [2.75, 3.05) is 26.3 Å². The lowest BCUT2D eigenvalue weighted by Gasteiger charge is -2.22. The fraction of sp³-hybridized carbons (Fsp3) is 0.185. The molecule has 0 spiro atoms. The minimum Gasteiger partial charge on any atom is -0.494 e. The number of anilines is 1. The third-order valence-electron chi connectivity index (χ3n) is 6.02. The van der Waals surface area contributed by atoms with E-state index in [-0.39, 0.29) is 11.8 Å². The summed E-state index contributed by atoms with van der Waals surface area (Å²) in [6.07, 6.45) is 0.656. The summed E-state index contributed by atoms with van der Waals surface area (Å²) in [5, 5.41) is 10.1. The zero-order chi connectivity index (χ0) is 25.2. The van der Waals surface area contributed by atoms with Crippen LogP contribution in [0.3, 0.4) is 0 Å². The van der Waals surface area contributed by atoms with E-state index in [1.54, 1.807) is 26.4 Å². The zero-order valence-corrected chi connectivity index (χ0v) is 21.4. The van der Waals surface area contributed by atoms with E-state index in [1.807, 2.05) is 52.9 Å². The van der Waals surface area contributed by atoms with Crippen LogP contribution >= 0.6 is 22.9 Å². The van der Waals surface area contributed by atoms with Crippen molar-refractivity contribution in [2.45, 2.75) is 12.5 Å². The maximum absolute atomic E-state index is 14.3. The van der Waals surface area contributed by atoms with E-state index in [2.05, 4.69) is 0 Å². The molecule has 6 nitrogen and oxygen atoms in total. The molecule has 3 aromatic carbocycles. The molecule has 0 aliphatic carbocycles. The fourth-order valence-corrected chi connectivity index (χ4v) is 5.11. The van der Waals surface area contributed by atoms with Gasteiger partial charge < -0.3 is 14.2 Å². The number of methoxy groups -OCH3 is 3. The van der Waals surface area contributed by atoms with Crippen molar-refractivity contribution in [3.8, 4) is 28.5 Å². The van der Waals surface area contributed by atoms with Crippen LogP contribution in [0.4, 0.5) is 9.52 Å². The molecule has 2 heterocycles. The Morgan fingerprint density at radius 2 is 1.58 bits per heavy atom. The molecule has 0 unspecified atom stereocenters. The molecule has 0 N–H and O–H groups in total. The molecule has 1 atom stereocenters. The van der Waals surface area contributed by atoms with Gasteiger partial charge in [0, 0.05) is 22.4 Å². The molecule has 0 radical (unpaired) electrons. The van der Waals surface area contributed by atoms with Gasteiger partial charge >= 0.3 is 0 Å². The van der Waals surface area contributed by atoms with Gasteiger partial charge in [-0.1, -0.05) is 29.8 Å². The molecule has 0 saturated heterocycles. The summed E-state index contributed by atoms with van der Waals surface area (Å²) in [5.74, 6) is 1.06. The average Bonchev–Trinajstić information content (AvgIpc) is 3.56. The monoisotopic (exact) mass is 523 g/mol. The van der Waals surface area contributed by atoms with Crippen molar-refractivity contribution in [3.05, 3.63) is 88.0 Å². The Morgan fingerprint density at radius 3 is 2.28 bits per heavy atom. The predicted molar refractivity (Wildman–Crippen MR) is 141 cm³/mol. The highest BCUT2D eigenvalue weighted by Gasteiger charge is 2.32. The van der Waals surface area contributed by atoms with Gasteiger partial charge in [-0.3, -0.25) is 0 Å². The number of hydrogen-bond donors (Lipinski definition) is 0. The van der Waals surface area contributed by atoms with Crippen molar-refractivity contribution in [2.24, 2.45) is 5.10 Å². The van der Waals surface area contributed by atoms with Crippen LogP contribution in [0.5, 0.6) is 17.2 Å². The SMILES string of the molecule is COc1ccc(-c2csc(N3N=C(c4ccc(Cl)cc4)C[C@@H]3c3ccc(OC)c(OC)c3)n2)cc1F. The van der Waals surface area contributed by atoms with Crippen molar-refractivity contribution in [1.82, 2.24) is 4.98 Å². The highest BCUT2D eigenvalue weighted by atomic mass is 35.5. The molecule has 0 fully saturated rings. The van der Waals surface area contributed by atoms with Gasteiger partial charge in [-0.25, -0.2) is 14.4 Å². The zero-order valence-electron chi connectivity index (χ0n) is 19.9. The van der Waals surface area contributed by atoms with Gasteiger partial charge in [-0.2, -0.15) is 5.10 Å². The molecule has 5 rings (SSSR count). The van der Waals surface area contributed by atoms with Crippen LogP contribution in [0.1, 0.15) is 23.6 Å². The standard InChI is InChI=1S/C27H23ClFN3O3S/c1-33-24-10-6-17(12-20(24)29)22-15-36-27(30-22)32-23(18-7-11-25(34-2)26(13-18)35-3)14-21(31-32)16-4-8-19(28)9-5-16/h4-13,15,23H,14H2,1-3H3/t23-/m1/s1. The molecule has 0 saturated carbocycles. The molecular weight excluding hydrogens is 501 g/mol. The molecule has 1 aliphatic rings. The second-order valence-electron chi connectivity index (χ2n) is 8.10. The van der Waals surface area contributed by atoms with Crippen molar-refractivity contribution in [1.29, 1.82) is 0 Å². The first-order valence-corrected chi connectivity index (χ1v) is 12.4. The van der Waals surface area contributed by atoms with Gasteiger partial charge in [0.2, 0.25) is 5.13 Å². The first kappa shape index (κ1) is 24.1. The van der Waals surface area contributed by atoms with E-state index < -0.39 is 5.82 Å². The number of aromatic nitrogens is 1. The molecule has 4 aromatic rings. The van der Waals surface area contributed by atoms with Crippen molar-refractivity contribution < 1.29 is 18.6 Å². The first-order chi connectivity index (χ1) is 17.5. The largest absolute Gasteiger partial charge is 0.494 e. The Labute approximate surface area is 217 Å². The lowest BCUT2D eigenvalue weighted by molar-refractivity contribution is 0.354. The smallest absolute Gasteiger partial charge is 0.207 e. The minimum atomic E-state index is -0.433. The van der Waals surface area contributed by atoms with Crippen LogP contribution in [0, 0.1) is 5.82 Å². The van der Waals surface area contributed by atoms with Crippen molar-refractivity contribution in [3.63, 3.8) is 0 Å². The summed E-state index contributed by atoms with van der Waals surface area (Å²) in [7, 11) is 4.67. The molecular formula is C27H23ClFN3O3S. The van der Waals surface area contributed by atoms with E-state index in [1.165, 1.54) is 24.5 Å². The highest BCUT2D eigenvalue weighted by molar-refractivity contribution is 7.14. The molecule has 1 aromatic heterocycles. The molecule has 1 aliphatic heterocycles. The average molecular weight is 524 g/mol. The van der Waals surface area contributed by atoms with Gasteiger partial charge in [-0.15, -0.1) is 11.3 Å². The summed E-state index contributed by atoms with van der Waals surface area (Å²) in [5.41, 5.74) is 4.24. The van der Waals surface area contributed by atoms with Crippen molar-refractivity contribution >= 4 is 33.8 Å². The lowest BCUT2D eigenvalue weighted by atomic mass is 9.98. The third-order valence-corrected chi connectivity index (χ3v) is 7.10. The number of rotatable bonds is 7. The minimum absolute atomic E-state index is 0.123. The van der Waals surface area contributed by atoms with Crippen LogP contribution in [0.15, 0.2) is 71.1 Å². The Kier molecular flexibility index (Phi) is 6.80. The molecule has 0 amide bonds. The van der Waals surface area contributed by atoms with Gasteiger partial charge in [0.05, 0.1) is 38.8 Å². The van der Waals surface area contributed by atoms with Gasteiger partial charge in [0.1, 0.15) is 0 Å². The molecule has 184 valence electrons. The van der Waals surface area contributed by atoms with Crippen LogP contribution in [0.25, 0.3) is 11.3 Å². The fourth-order valence-electron chi connectivity index (χ4n) is 4.15. The number of ether oxygens (including phenoxy) is 3. The lowest BCUT2D eigenvalue weighted by Crippen LogP contribution is -2.18. The Hall–Kier alpha value is -3.62. The Bertz CT molecular complexity index is 1420. The maximum atomic E-state index is 14.3. The summed E-state index contributed by atoms with van der Waals surface area (Å²) in [6, 6.07) is 18.2. The third kappa shape index (κ3) is 4.62. The first-order valence-electron chi connectivity index (χ1n) is 11.1. The predicted octanol–water partition coefficient (Wildman–Crippen LogP) is 6.98. The second-order valence-corrected chi connectivity index (χ2v) is 9.37. The number of benzene rings is 3. The van der Waals surface area contributed by atoms with Gasteiger partial charge in [0.25, 0.3) is 0 Å². The number of hydrazone groups is 1. The molecule has 0 bridgehead atoms. The van der Waals surface area contributed by atoms with E-state index in [9.17, 15) is 4.39 Å². The van der Waals surface area contributed by atoms with Gasteiger partial charge in [0.15, 0.2) is 23.1 Å². The summed E-state index contributed by atoms with van der Waals surface area (Å²) in [4.78, 5) is 4.81. The van der Waals surface area contributed by atoms with E-state index in [4.69, 9.17) is 35.9 Å². The van der Waals surface area contributed by atoms with E-state index in [0.29, 0.717) is 39.3 Å². The number of halogens is 2. The summed E-state index contributed by atoms with van der Waals surface area (Å²) < 4.78 is 30.3. The Balaban J connectivity index is 1.54. The number of thiazole rings is 1. The topological polar surface area (TPSA) is 56.2 Å². The van der Waals surface area contributed by atoms with Crippen LogP contribution in [-0.2, 0) is 0 Å². The highest BCUT2D eigenvalue weighted by Crippen LogP contribution is 2.42. The summed E-state index contributed by atoms with van der Waals surface area (Å²) in [6.45, 7) is 0. The van der Waals surface area contributed by atoms with Crippen LogP contribution in [-0.4, -0.2) is 32.0 Å². The second kappa shape index (κ2) is 10.2. The van der Waals surface area contributed by atoms with E-state index >= 15 is 0 Å². The number of hydrogen-bond acceptors (Lipinski definition) is 7. The van der Waals surface area contributed by atoms with Crippen LogP contribution in [0.2, 0.25) is 5.02 Å². The maximum Gasteiger partial charge on any atom is 0.207 e. The molecule has 9 heteroatoms.